The van der Waals surface area contributed by atoms with E-state index in [0.717, 1.165) is 4.90 Å². The number of anilines is 1. The summed E-state index contributed by atoms with van der Waals surface area (Å²) in [6, 6.07) is 4.22. The third kappa shape index (κ3) is 3.58. The maximum Gasteiger partial charge on any atom is 0.262 e. The van der Waals surface area contributed by atoms with Gasteiger partial charge in [-0.3, -0.25) is 10.1 Å². The summed E-state index contributed by atoms with van der Waals surface area (Å²) in [6.07, 6.45) is 1.42. The molecule has 1 aromatic rings. The summed E-state index contributed by atoms with van der Waals surface area (Å²) in [5.41, 5.74) is 0.504. The maximum absolute atomic E-state index is 13.0. The Morgan fingerprint density at radius 1 is 1.58 bits per heavy atom. The molecule has 1 fully saturated rings. The van der Waals surface area contributed by atoms with E-state index in [2.05, 4.69) is 10.6 Å². The Morgan fingerprint density at radius 3 is 2.84 bits per heavy atom. The molecule has 0 bridgehead atoms. The molecule has 1 aliphatic heterocycles. The number of hydrogen-bond donors (Lipinski definition) is 2. The van der Waals surface area contributed by atoms with Gasteiger partial charge < -0.3 is 5.32 Å². The summed E-state index contributed by atoms with van der Waals surface area (Å²) in [5.74, 6) is -3.28. The molecule has 1 aliphatic rings. The second kappa shape index (κ2) is 5.64. The van der Waals surface area contributed by atoms with Crippen molar-refractivity contribution < 1.29 is 13.6 Å². The van der Waals surface area contributed by atoms with Gasteiger partial charge in [0, 0.05) is 17.0 Å². The summed E-state index contributed by atoms with van der Waals surface area (Å²) in [6.45, 7) is -0.461. The van der Waals surface area contributed by atoms with E-state index in [-0.39, 0.29) is 0 Å². The van der Waals surface area contributed by atoms with Gasteiger partial charge in [-0.25, -0.2) is 8.78 Å². The van der Waals surface area contributed by atoms with E-state index in [0.29, 0.717) is 10.7 Å². The van der Waals surface area contributed by atoms with E-state index in [9.17, 15) is 13.6 Å². The SMILES string of the molecule is CSc1ccc(NC(=O)C2CC(F)(F)CN2)cc1Cl. The molecule has 7 heteroatoms. The molecule has 1 heterocycles. The average Bonchev–Trinajstić information content (AvgIpc) is 2.70. The Bertz CT molecular complexity index is 499. The fraction of sp³-hybridized carbons (Fsp3) is 0.417. The van der Waals surface area contributed by atoms with Crippen LogP contribution in [0.5, 0.6) is 0 Å². The van der Waals surface area contributed by atoms with Gasteiger partial charge in [0.1, 0.15) is 0 Å². The number of carbonyl (C=O) groups excluding carboxylic acids is 1. The zero-order valence-electron chi connectivity index (χ0n) is 10.2. The number of alkyl halides is 2. The van der Waals surface area contributed by atoms with Gasteiger partial charge in [0.05, 0.1) is 17.6 Å². The zero-order valence-corrected chi connectivity index (χ0v) is 11.7. The highest BCUT2D eigenvalue weighted by Gasteiger charge is 2.42. The van der Waals surface area contributed by atoms with Crippen LogP contribution in [0, 0.1) is 0 Å². The van der Waals surface area contributed by atoms with Crippen LogP contribution in [0.4, 0.5) is 14.5 Å². The highest BCUT2D eigenvalue weighted by atomic mass is 35.5. The lowest BCUT2D eigenvalue weighted by atomic mass is 10.2. The Balaban J connectivity index is 2.01. The first-order chi connectivity index (χ1) is 8.91. The molecule has 2 N–H and O–H groups in total. The number of halogens is 3. The van der Waals surface area contributed by atoms with Crippen molar-refractivity contribution in [2.24, 2.45) is 0 Å². The molecule has 0 spiro atoms. The average molecular weight is 307 g/mol. The van der Waals surface area contributed by atoms with Gasteiger partial charge in [0.25, 0.3) is 5.92 Å². The molecule has 0 radical (unpaired) electrons. The molecule has 0 aromatic heterocycles. The maximum atomic E-state index is 13.0. The van der Waals surface area contributed by atoms with Crippen molar-refractivity contribution in [3.8, 4) is 0 Å². The molecule has 3 nitrogen and oxygen atoms in total. The first-order valence-corrected chi connectivity index (χ1v) is 7.27. The second-order valence-corrected chi connectivity index (χ2v) is 5.59. The highest BCUT2D eigenvalue weighted by Crippen LogP contribution is 2.29. The van der Waals surface area contributed by atoms with Crippen molar-refractivity contribution >= 4 is 35.0 Å². The van der Waals surface area contributed by atoms with Crippen LogP contribution < -0.4 is 10.6 Å². The van der Waals surface area contributed by atoms with E-state index in [1.54, 1.807) is 18.2 Å². The van der Waals surface area contributed by atoms with Crippen molar-refractivity contribution in [3.05, 3.63) is 23.2 Å². The largest absolute Gasteiger partial charge is 0.325 e. The predicted octanol–water partition coefficient (Wildman–Crippen LogP) is 3.00. The number of hydrogen-bond acceptors (Lipinski definition) is 3. The fourth-order valence-corrected chi connectivity index (χ4v) is 2.74. The monoisotopic (exact) mass is 306 g/mol. The summed E-state index contributed by atoms with van der Waals surface area (Å²) in [4.78, 5) is 12.7. The molecule has 0 saturated carbocycles. The van der Waals surface area contributed by atoms with E-state index < -0.39 is 30.8 Å². The second-order valence-electron chi connectivity index (χ2n) is 4.33. The normalized spacial score (nSPS) is 21.4. The molecule has 104 valence electrons. The Morgan fingerprint density at radius 2 is 2.32 bits per heavy atom. The topological polar surface area (TPSA) is 41.1 Å². The predicted molar refractivity (Wildman–Crippen MR) is 73.2 cm³/mol. The van der Waals surface area contributed by atoms with Crippen LogP contribution in [-0.4, -0.2) is 30.7 Å². The Hall–Kier alpha value is -0.850. The molecule has 2 rings (SSSR count). The number of thioether (sulfide) groups is 1. The van der Waals surface area contributed by atoms with Crippen LogP contribution in [-0.2, 0) is 4.79 Å². The molecule has 1 aromatic carbocycles. The number of nitrogens with one attached hydrogen (secondary N) is 2. The van der Waals surface area contributed by atoms with E-state index in [1.807, 2.05) is 6.26 Å². The molecule has 19 heavy (non-hydrogen) atoms. The number of amides is 1. The summed E-state index contributed by atoms with van der Waals surface area (Å²) in [7, 11) is 0. The number of carbonyl (C=O) groups is 1. The molecule has 1 amide bonds. The van der Waals surface area contributed by atoms with Crippen LogP contribution in [0.25, 0.3) is 0 Å². The van der Waals surface area contributed by atoms with Gasteiger partial charge >= 0.3 is 0 Å². The van der Waals surface area contributed by atoms with Crippen LogP contribution in [0.15, 0.2) is 23.1 Å². The molecule has 1 saturated heterocycles. The van der Waals surface area contributed by atoms with Gasteiger partial charge in [-0.1, -0.05) is 11.6 Å². The molecule has 0 aliphatic carbocycles. The summed E-state index contributed by atoms with van der Waals surface area (Å²) in [5, 5.41) is 5.61. The van der Waals surface area contributed by atoms with E-state index >= 15 is 0 Å². The smallest absolute Gasteiger partial charge is 0.262 e. The molecule has 1 atom stereocenters. The fourth-order valence-electron chi connectivity index (χ4n) is 1.87. The number of benzene rings is 1. The van der Waals surface area contributed by atoms with Gasteiger partial charge in [-0.05, 0) is 24.5 Å². The van der Waals surface area contributed by atoms with Crippen molar-refractivity contribution in [1.29, 1.82) is 0 Å². The molecular weight excluding hydrogens is 294 g/mol. The minimum Gasteiger partial charge on any atom is -0.325 e. The van der Waals surface area contributed by atoms with Gasteiger partial charge in [0.15, 0.2) is 0 Å². The lowest BCUT2D eigenvalue weighted by molar-refractivity contribution is -0.118. The van der Waals surface area contributed by atoms with Crippen molar-refractivity contribution in [1.82, 2.24) is 5.32 Å². The quantitative estimate of drug-likeness (QED) is 0.844. The van der Waals surface area contributed by atoms with Crippen LogP contribution in [0.1, 0.15) is 6.42 Å². The lowest BCUT2D eigenvalue weighted by Gasteiger charge is -2.12. The minimum absolute atomic E-state index is 0.461. The Kier molecular flexibility index (Phi) is 4.32. The molecular formula is C12H13ClF2N2OS. The minimum atomic E-state index is -2.82. The summed E-state index contributed by atoms with van der Waals surface area (Å²) >= 11 is 7.50. The third-order valence-electron chi connectivity index (χ3n) is 2.85. The van der Waals surface area contributed by atoms with Crippen molar-refractivity contribution in [2.75, 3.05) is 18.1 Å². The molecule has 1 unspecified atom stereocenters. The van der Waals surface area contributed by atoms with Crippen molar-refractivity contribution in [2.45, 2.75) is 23.3 Å². The van der Waals surface area contributed by atoms with Crippen LogP contribution in [0.2, 0.25) is 5.02 Å². The van der Waals surface area contributed by atoms with Gasteiger partial charge in [0.2, 0.25) is 5.91 Å². The van der Waals surface area contributed by atoms with Gasteiger partial charge in [-0.15, -0.1) is 11.8 Å². The third-order valence-corrected chi connectivity index (χ3v) is 4.07. The van der Waals surface area contributed by atoms with Crippen molar-refractivity contribution in [3.63, 3.8) is 0 Å². The first-order valence-electron chi connectivity index (χ1n) is 5.67. The van der Waals surface area contributed by atoms with E-state index in [4.69, 9.17) is 11.6 Å². The highest BCUT2D eigenvalue weighted by molar-refractivity contribution is 7.98. The standard InChI is InChI=1S/C12H13ClF2N2OS/c1-19-10-3-2-7(4-8(10)13)17-11(18)9-5-12(14,15)6-16-9/h2-4,9,16H,5-6H2,1H3,(H,17,18). The van der Waals surface area contributed by atoms with E-state index in [1.165, 1.54) is 11.8 Å². The number of rotatable bonds is 3. The zero-order chi connectivity index (χ0) is 14.0. The Labute approximate surface area is 119 Å². The lowest BCUT2D eigenvalue weighted by Crippen LogP contribution is -2.35. The van der Waals surface area contributed by atoms with Gasteiger partial charge in [-0.2, -0.15) is 0 Å². The van der Waals surface area contributed by atoms with Crippen LogP contribution in [0.3, 0.4) is 0 Å². The summed E-state index contributed by atoms with van der Waals surface area (Å²) < 4.78 is 26.0. The van der Waals surface area contributed by atoms with Crippen LogP contribution >= 0.6 is 23.4 Å². The first kappa shape index (κ1) is 14.6.